The van der Waals surface area contributed by atoms with Crippen LogP contribution in [0.5, 0.6) is 5.75 Å². The first-order valence-corrected chi connectivity index (χ1v) is 10.6. The lowest BCUT2D eigenvalue weighted by Gasteiger charge is -2.12. The Morgan fingerprint density at radius 1 is 1.00 bits per heavy atom. The van der Waals surface area contributed by atoms with Gasteiger partial charge in [-0.2, -0.15) is 0 Å². The number of methoxy groups -OCH3 is 1. The number of halogens is 1. The summed E-state index contributed by atoms with van der Waals surface area (Å²) in [5.74, 6) is 1.61. The number of aliphatic imine (C=N–C) groups is 1. The van der Waals surface area contributed by atoms with Gasteiger partial charge >= 0.3 is 0 Å². The van der Waals surface area contributed by atoms with Crippen LogP contribution in [0, 0.1) is 0 Å². The van der Waals surface area contributed by atoms with Crippen LogP contribution in [0.15, 0.2) is 64.5 Å². The molecule has 0 fully saturated rings. The Labute approximate surface area is 184 Å². The molecule has 0 heterocycles. The topological polar surface area (TPSA) is 79.8 Å². The van der Waals surface area contributed by atoms with Gasteiger partial charge in [-0.05, 0) is 42.7 Å². The first-order valence-electron chi connectivity index (χ1n) is 8.90. The largest absolute Gasteiger partial charge is 0.497 e. The molecule has 28 heavy (non-hydrogen) atoms. The first-order chi connectivity index (χ1) is 13.0. The fraction of sp³-hybridized carbons (Fsp3) is 0.350. The molecule has 2 aromatic rings. The number of hydrogen-bond donors (Lipinski definition) is 2. The van der Waals surface area contributed by atoms with E-state index < -0.39 is 9.84 Å². The van der Waals surface area contributed by atoms with E-state index in [-0.39, 0.29) is 29.7 Å². The second-order valence-corrected chi connectivity index (χ2v) is 8.12. The van der Waals surface area contributed by atoms with Crippen LogP contribution < -0.4 is 15.4 Å². The monoisotopic (exact) mass is 517 g/mol. The Bertz CT molecular complexity index is 826. The number of nitrogens with one attached hydrogen (secondary N) is 2. The number of guanidine groups is 1. The summed E-state index contributed by atoms with van der Waals surface area (Å²) in [5, 5.41) is 6.39. The zero-order valence-electron chi connectivity index (χ0n) is 16.2. The third-order valence-electron chi connectivity index (χ3n) is 4.07. The van der Waals surface area contributed by atoms with Crippen LogP contribution in [0.2, 0.25) is 0 Å². The number of sulfone groups is 1. The third kappa shape index (κ3) is 8.05. The zero-order valence-corrected chi connectivity index (χ0v) is 19.4. The lowest BCUT2D eigenvalue weighted by molar-refractivity contribution is 0.414. The highest BCUT2D eigenvalue weighted by molar-refractivity contribution is 14.0. The highest BCUT2D eigenvalue weighted by atomic mass is 127. The smallest absolute Gasteiger partial charge is 0.190 e. The molecule has 0 spiro atoms. The number of nitrogens with zero attached hydrogens (tertiary/aromatic N) is 1. The van der Waals surface area contributed by atoms with Gasteiger partial charge in [0.25, 0.3) is 0 Å². The van der Waals surface area contributed by atoms with E-state index in [1.54, 1.807) is 38.4 Å². The van der Waals surface area contributed by atoms with Crippen LogP contribution in [-0.4, -0.2) is 47.4 Å². The predicted molar refractivity (Wildman–Crippen MR) is 125 cm³/mol. The van der Waals surface area contributed by atoms with Gasteiger partial charge in [0.2, 0.25) is 0 Å². The summed E-state index contributed by atoms with van der Waals surface area (Å²) in [5.41, 5.74) is 1.20. The lowest BCUT2D eigenvalue weighted by atomic mass is 10.1. The summed E-state index contributed by atoms with van der Waals surface area (Å²) >= 11 is 0. The van der Waals surface area contributed by atoms with E-state index in [0.29, 0.717) is 23.8 Å². The molecule has 0 bridgehead atoms. The number of rotatable bonds is 9. The average Bonchev–Trinajstić information content (AvgIpc) is 2.71. The van der Waals surface area contributed by atoms with Crippen LogP contribution in [0.4, 0.5) is 0 Å². The Kier molecular flexibility index (Phi) is 10.9. The Hall–Kier alpha value is -1.81. The van der Waals surface area contributed by atoms with Gasteiger partial charge in [0.1, 0.15) is 5.75 Å². The minimum atomic E-state index is -3.23. The maximum atomic E-state index is 12.2. The van der Waals surface area contributed by atoms with Gasteiger partial charge in [-0.1, -0.05) is 30.3 Å². The fourth-order valence-electron chi connectivity index (χ4n) is 2.55. The van der Waals surface area contributed by atoms with Gasteiger partial charge in [0.15, 0.2) is 15.8 Å². The molecular weight excluding hydrogens is 489 g/mol. The molecule has 0 saturated heterocycles. The molecule has 2 rings (SSSR count). The molecule has 0 unspecified atom stereocenters. The molecule has 0 aliphatic rings. The van der Waals surface area contributed by atoms with E-state index in [1.807, 2.05) is 30.3 Å². The first kappa shape index (κ1) is 24.2. The summed E-state index contributed by atoms with van der Waals surface area (Å²) in [6.07, 6.45) is 1.36. The minimum Gasteiger partial charge on any atom is -0.497 e. The normalized spacial score (nSPS) is 11.4. The second kappa shape index (κ2) is 12.6. The van der Waals surface area contributed by atoms with Crippen LogP contribution in [0.25, 0.3) is 0 Å². The van der Waals surface area contributed by atoms with Crippen molar-refractivity contribution in [3.05, 3.63) is 60.2 Å². The highest BCUT2D eigenvalue weighted by Gasteiger charge is 2.13. The summed E-state index contributed by atoms with van der Waals surface area (Å²) in [4.78, 5) is 4.53. The molecule has 0 aromatic heterocycles. The maximum Gasteiger partial charge on any atom is 0.190 e. The van der Waals surface area contributed by atoms with Crippen molar-refractivity contribution in [2.75, 3.05) is 33.0 Å². The van der Waals surface area contributed by atoms with E-state index in [9.17, 15) is 8.42 Å². The molecule has 2 aromatic carbocycles. The second-order valence-electron chi connectivity index (χ2n) is 6.01. The van der Waals surface area contributed by atoms with Gasteiger partial charge < -0.3 is 15.4 Å². The molecule has 8 heteroatoms. The SMILES string of the molecule is CN=C(NCCCS(=O)(=O)c1ccccc1)NCCc1ccc(OC)cc1.I. The van der Waals surface area contributed by atoms with E-state index in [0.717, 1.165) is 18.7 Å². The summed E-state index contributed by atoms with van der Waals surface area (Å²) in [6, 6.07) is 16.5. The molecule has 0 amide bonds. The summed E-state index contributed by atoms with van der Waals surface area (Å²) in [7, 11) is 0.114. The molecule has 154 valence electrons. The molecule has 0 aliphatic carbocycles. The van der Waals surface area contributed by atoms with Crippen molar-refractivity contribution < 1.29 is 13.2 Å². The van der Waals surface area contributed by atoms with Gasteiger partial charge in [-0.25, -0.2) is 8.42 Å². The molecule has 0 aliphatic heterocycles. The van der Waals surface area contributed by atoms with E-state index >= 15 is 0 Å². The minimum absolute atomic E-state index is 0. The van der Waals surface area contributed by atoms with E-state index in [4.69, 9.17) is 4.74 Å². The Morgan fingerprint density at radius 3 is 2.25 bits per heavy atom. The van der Waals surface area contributed by atoms with Gasteiger partial charge in [0.05, 0.1) is 17.8 Å². The van der Waals surface area contributed by atoms with Crippen molar-refractivity contribution in [2.24, 2.45) is 4.99 Å². The third-order valence-corrected chi connectivity index (χ3v) is 5.89. The molecule has 2 N–H and O–H groups in total. The molecule has 0 radical (unpaired) electrons. The quantitative estimate of drug-likeness (QED) is 0.232. The van der Waals surface area contributed by atoms with Crippen molar-refractivity contribution in [3.63, 3.8) is 0 Å². The Balaban J connectivity index is 0.00000392. The van der Waals surface area contributed by atoms with Crippen LogP contribution in [-0.2, 0) is 16.3 Å². The van der Waals surface area contributed by atoms with E-state index in [1.165, 1.54) is 5.56 Å². The lowest BCUT2D eigenvalue weighted by Crippen LogP contribution is -2.39. The average molecular weight is 517 g/mol. The predicted octanol–water partition coefficient (Wildman–Crippen LogP) is 2.88. The van der Waals surface area contributed by atoms with Crippen LogP contribution >= 0.6 is 24.0 Å². The molecular formula is C20H28IN3O3S. The maximum absolute atomic E-state index is 12.2. The summed E-state index contributed by atoms with van der Waals surface area (Å²) < 4.78 is 29.6. The number of ether oxygens (including phenoxy) is 1. The van der Waals surface area contributed by atoms with Crippen LogP contribution in [0.3, 0.4) is 0 Å². The standard InChI is InChI=1S/C20H27N3O3S.HI/c1-21-20(23-15-13-17-9-11-18(26-2)12-10-17)22-14-6-16-27(24,25)19-7-4-3-5-8-19;/h3-5,7-12H,6,13-16H2,1-2H3,(H2,21,22,23);1H. The van der Waals surface area contributed by atoms with E-state index in [2.05, 4.69) is 15.6 Å². The van der Waals surface area contributed by atoms with Crippen molar-refractivity contribution >= 4 is 39.8 Å². The number of hydrogen-bond acceptors (Lipinski definition) is 4. The van der Waals surface area contributed by atoms with Crippen molar-refractivity contribution in [2.45, 2.75) is 17.7 Å². The van der Waals surface area contributed by atoms with Crippen LogP contribution in [0.1, 0.15) is 12.0 Å². The Morgan fingerprint density at radius 2 is 1.64 bits per heavy atom. The van der Waals surface area contributed by atoms with Crippen molar-refractivity contribution in [1.82, 2.24) is 10.6 Å². The fourth-order valence-corrected chi connectivity index (χ4v) is 3.88. The van der Waals surface area contributed by atoms with Gasteiger partial charge in [0, 0.05) is 20.1 Å². The molecule has 0 saturated carbocycles. The summed E-state index contributed by atoms with van der Waals surface area (Å²) in [6.45, 7) is 1.27. The molecule has 0 atom stereocenters. The molecule has 6 nitrogen and oxygen atoms in total. The number of benzene rings is 2. The van der Waals surface area contributed by atoms with Gasteiger partial charge in [-0.3, -0.25) is 4.99 Å². The highest BCUT2D eigenvalue weighted by Crippen LogP contribution is 2.11. The van der Waals surface area contributed by atoms with Crippen molar-refractivity contribution in [1.29, 1.82) is 0 Å². The zero-order chi connectivity index (χ0) is 19.5. The van der Waals surface area contributed by atoms with Crippen molar-refractivity contribution in [3.8, 4) is 5.75 Å². The van der Waals surface area contributed by atoms with Gasteiger partial charge in [-0.15, -0.1) is 24.0 Å².